The van der Waals surface area contributed by atoms with E-state index in [0.717, 1.165) is 6.42 Å². The Hall–Kier alpha value is -1.46. The van der Waals surface area contributed by atoms with Gasteiger partial charge in [0.2, 0.25) is 5.91 Å². The van der Waals surface area contributed by atoms with Crippen LogP contribution >= 0.6 is 23.2 Å². The van der Waals surface area contributed by atoms with Gasteiger partial charge in [-0.1, -0.05) is 43.5 Å². The van der Waals surface area contributed by atoms with Crippen molar-refractivity contribution in [1.82, 2.24) is 5.32 Å². The topological polar surface area (TPSA) is 84.2 Å². The molecule has 3 amide bonds. The summed E-state index contributed by atoms with van der Waals surface area (Å²) in [6.07, 6.45) is 0.722. The highest BCUT2D eigenvalue weighted by Crippen LogP contribution is 2.25. The summed E-state index contributed by atoms with van der Waals surface area (Å²) in [4.78, 5) is 23.2. The average molecular weight is 318 g/mol. The van der Waals surface area contributed by atoms with E-state index in [1.165, 1.54) is 0 Å². The number of benzene rings is 1. The smallest absolute Gasteiger partial charge is 0.312 e. The van der Waals surface area contributed by atoms with Gasteiger partial charge in [0, 0.05) is 5.69 Å². The number of halogens is 2. The molecule has 5 nitrogen and oxygen atoms in total. The molecule has 0 heterocycles. The first-order valence-corrected chi connectivity index (χ1v) is 6.92. The summed E-state index contributed by atoms with van der Waals surface area (Å²) in [5.41, 5.74) is 5.60. The lowest BCUT2D eigenvalue weighted by Crippen LogP contribution is -2.49. The number of hydrogen-bond acceptors (Lipinski definition) is 2. The summed E-state index contributed by atoms with van der Waals surface area (Å²) in [7, 11) is 0. The van der Waals surface area contributed by atoms with Crippen molar-refractivity contribution in [2.24, 2.45) is 11.7 Å². The fourth-order valence-electron chi connectivity index (χ4n) is 1.65. The lowest BCUT2D eigenvalue weighted by atomic mass is 9.98. The van der Waals surface area contributed by atoms with Gasteiger partial charge >= 0.3 is 6.03 Å². The van der Waals surface area contributed by atoms with Gasteiger partial charge in [0.1, 0.15) is 6.04 Å². The molecular formula is C13H17Cl2N3O2. The molecule has 0 spiro atoms. The van der Waals surface area contributed by atoms with E-state index in [4.69, 9.17) is 28.9 Å². The van der Waals surface area contributed by atoms with Gasteiger partial charge in [0.25, 0.3) is 0 Å². The van der Waals surface area contributed by atoms with E-state index in [1.807, 2.05) is 13.8 Å². The fraction of sp³-hybridized carbons (Fsp3) is 0.385. The Kier molecular flexibility index (Phi) is 6.10. The molecule has 1 aromatic carbocycles. The maximum absolute atomic E-state index is 12.2. The molecule has 2 atom stereocenters. The van der Waals surface area contributed by atoms with Gasteiger partial charge in [-0.2, -0.15) is 0 Å². The minimum atomic E-state index is -0.736. The van der Waals surface area contributed by atoms with Crippen LogP contribution in [0.1, 0.15) is 20.3 Å². The molecule has 0 fully saturated rings. The minimum Gasteiger partial charge on any atom is -0.352 e. The van der Waals surface area contributed by atoms with Gasteiger partial charge in [-0.15, -0.1) is 0 Å². The number of amides is 3. The Morgan fingerprint density at radius 2 is 1.95 bits per heavy atom. The van der Waals surface area contributed by atoms with Crippen LogP contribution in [0, 0.1) is 5.92 Å². The first kappa shape index (κ1) is 16.6. The van der Waals surface area contributed by atoms with Crippen molar-refractivity contribution >= 4 is 40.8 Å². The van der Waals surface area contributed by atoms with E-state index in [1.54, 1.807) is 18.2 Å². The van der Waals surface area contributed by atoms with Crippen LogP contribution in [-0.2, 0) is 4.79 Å². The van der Waals surface area contributed by atoms with Gasteiger partial charge in [0.05, 0.1) is 10.0 Å². The molecule has 4 N–H and O–H groups in total. The predicted octanol–water partition coefficient (Wildman–Crippen LogP) is 3.01. The maximum Gasteiger partial charge on any atom is 0.312 e. The molecular weight excluding hydrogens is 301 g/mol. The molecule has 1 rings (SSSR count). The van der Waals surface area contributed by atoms with Gasteiger partial charge in [0.15, 0.2) is 0 Å². The van der Waals surface area contributed by atoms with E-state index in [2.05, 4.69) is 10.6 Å². The first-order chi connectivity index (χ1) is 9.35. The molecule has 0 aliphatic rings. The summed E-state index contributed by atoms with van der Waals surface area (Å²) in [6.45, 7) is 3.78. The second-order valence-corrected chi connectivity index (χ2v) is 5.30. The zero-order chi connectivity index (χ0) is 15.3. The number of nitrogens with one attached hydrogen (secondary N) is 2. The fourth-order valence-corrected chi connectivity index (χ4v) is 1.95. The van der Waals surface area contributed by atoms with Crippen LogP contribution in [-0.4, -0.2) is 18.0 Å². The number of nitrogens with two attached hydrogens (primary N) is 1. The number of primary amides is 1. The van der Waals surface area contributed by atoms with Crippen molar-refractivity contribution in [3.8, 4) is 0 Å². The predicted molar refractivity (Wildman–Crippen MR) is 81.1 cm³/mol. The van der Waals surface area contributed by atoms with Crippen LogP contribution in [0.5, 0.6) is 0 Å². The Labute approximate surface area is 127 Å². The van der Waals surface area contributed by atoms with Crippen molar-refractivity contribution in [3.63, 3.8) is 0 Å². The van der Waals surface area contributed by atoms with Gasteiger partial charge in [-0.05, 0) is 24.1 Å². The monoisotopic (exact) mass is 317 g/mol. The molecule has 0 bridgehead atoms. The first-order valence-electron chi connectivity index (χ1n) is 6.17. The van der Waals surface area contributed by atoms with Crippen molar-refractivity contribution in [2.45, 2.75) is 26.3 Å². The number of carbonyl (C=O) groups is 2. The summed E-state index contributed by atoms with van der Waals surface area (Å²) in [5.74, 6) is -0.401. The van der Waals surface area contributed by atoms with Crippen molar-refractivity contribution in [1.29, 1.82) is 0 Å². The molecule has 110 valence electrons. The average Bonchev–Trinajstić information content (AvgIpc) is 2.39. The Bertz CT molecular complexity index is 508. The Morgan fingerprint density at radius 3 is 2.45 bits per heavy atom. The van der Waals surface area contributed by atoms with E-state index in [9.17, 15) is 9.59 Å². The van der Waals surface area contributed by atoms with E-state index >= 15 is 0 Å². The summed E-state index contributed by atoms with van der Waals surface area (Å²) in [6, 6.07) is 3.31. The van der Waals surface area contributed by atoms with Crippen LogP contribution < -0.4 is 16.4 Å². The summed E-state index contributed by atoms with van der Waals surface area (Å²) >= 11 is 11.7. The second kappa shape index (κ2) is 7.36. The Balaban J connectivity index is 2.84. The number of hydrogen-bond donors (Lipinski definition) is 3. The number of rotatable bonds is 5. The van der Waals surface area contributed by atoms with E-state index in [0.29, 0.717) is 15.7 Å². The second-order valence-electron chi connectivity index (χ2n) is 4.49. The maximum atomic E-state index is 12.2. The zero-order valence-corrected chi connectivity index (χ0v) is 12.8. The largest absolute Gasteiger partial charge is 0.352 e. The molecule has 7 heteroatoms. The Morgan fingerprint density at radius 1 is 1.30 bits per heavy atom. The van der Waals surface area contributed by atoms with Crippen LogP contribution in [0.2, 0.25) is 10.0 Å². The highest BCUT2D eigenvalue weighted by Gasteiger charge is 2.25. The van der Waals surface area contributed by atoms with Crippen molar-refractivity contribution < 1.29 is 9.59 Å². The molecule has 0 unspecified atom stereocenters. The number of carbonyl (C=O) groups excluding carboxylic acids is 2. The minimum absolute atomic E-state index is 0.0507. The summed E-state index contributed by atoms with van der Waals surface area (Å²) < 4.78 is 0. The molecule has 0 aliphatic heterocycles. The quantitative estimate of drug-likeness (QED) is 0.779. The standard InChI is InChI=1S/C13H17Cl2N3O2/c1-3-7(2)11(18-13(16)20)12(19)17-8-4-5-9(14)10(15)6-8/h4-7,11H,3H2,1-2H3,(H,17,19)(H3,16,18,20)/t7-,11-/m1/s1. The molecule has 20 heavy (non-hydrogen) atoms. The number of anilines is 1. The molecule has 0 saturated carbocycles. The molecule has 1 aromatic rings. The lowest BCUT2D eigenvalue weighted by molar-refractivity contribution is -0.119. The van der Waals surface area contributed by atoms with E-state index in [-0.39, 0.29) is 11.8 Å². The molecule has 0 aromatic heterocycles. The third-order valence-corrected chi connectivity index (χ3v) is 3.72. The van der Waals surface area contributed by atoms with Crippen molar-refractivity contribution in [3.05, 3.63) is 28.2 Å². The molecule has 0 radical (unpaired) electrons. The summed E-state index contributed by atoms with van der Waals surface area (Å²) in [5, 5.41) is 5.86. The highest BCUT2D eigenvalue weighted by atomic mass is 35.5. The van der Waals surface area contributed by atoms with Crippen LogP contribution in [0.3, 0.4) is 0 Å². The van der Waals surface area contributed by atoms with Gasteiger partial charge in [-0.25, -0.2) is 4.79 Å². The van der Waals surface area contributed by atoms with Crippen LogP contribution in [0.15, 0.2) is 18.2 Å². The van der Waals surface area contributed by atoms with Crippen LogP contribution in [0.4, 0.5) is 10.5 Å². The van der Waals surface area contributed by atoms with Gasteiger partial charge < -0.3 is 16.4 Å². The third kappa shape index (κ3) is 4.58. The third-order valence-electron chi connectivity index (χ3n) is 2.98. The number of urea groups is 1. The SMILES string of the molecule is CC[C@@H](C)[C@@H](NC(N)=O)C(=O)Nc1ccc(Cl)c(Cl)c1. The molecule has 0 saturated heterocycles. The lowest BCUT2D eigenvalue weighted by Gasteiger charge is -2.22. The van der Waals surface area contributed by atoms with Gasteiger partial charge in [-0.3, -0.25) is 4.79 Å². The zero-order valence-electron chi connectivity index (χ0n) is 11.2. The molecule has 0 aliphatic carbocycles. The van der Waals surface area contributed by atoms with Crippen molar-refractivity contribution in [2.75, 3.05) is 5.32 Å². The van der Waals surface area contributed by atoms with Crippen LogP contribution in [0.25, 0.3) is 0 Å². The highest BCUT2D eigenvalue weighted by molar-refractivity contribution is 6.42. The van der Waals surface area contributed by atoms with E-state index < -0.39 is 12.1 Å². The normalized spacial score (nSPS) is 13.4.